The Labute approximate surface area is 101 Å². The van der Waals surface area contributed by atoms with E-state index in [0.29, 0.717) is 12.3 Å². The van der Waals surface area contributed by atoms with Gasteiger partial charge >= 0.3 is 0 Å². The van der Waals surface area contributed by atoms with Crippen LogP contribution in [-0.4, -0.2) is 39.2 Å². The molecule has 94 valence electrons. The molecule has 1 saturated heterocycles. The highest BCUT2D eigenvalue weighted by Gasteiger charge is 2.22. The third kappa shape index (κ3) is 2.50. The lowest BCUT2D eigenvalue weighted by molar-refractivity contribution is 0.0659. The fraction of sp³-hybridized carbons (Fsp3) is 0.833. The molecule has 0 bridgehead atoms. The Hall–Kier alpha value is -0.940. The molecular weight excluding hydrogens is 218 g/mol. The number of nitrogens with zero attached hydrogens (tertiary/aromatic N) is 3. The van der Waals surface area contributed by atoms with Gasteiger partial charge in [-0.15, -0.1) is 0 Å². The van der Waals surface area contributed by atoms with E-state index in [-0.39, 0.29) is 6.10 Å². The van der Waals surface area contributed by atoms with E-state index in [0.717, 1.165) is 57.1 Å². The number of aryl methyl sites for hydroxylation is 1. The number of fused-ring (bicyclic) bond motifs is 1. The molecule has 0 aromatic carbocycles. The summed E-state index contributed by atoms with van der Waals surface area (Å²) < 4.78 is 7.31. The largest absolute Gasteiger partial charge is 0.393 e. The van der Waals surface area contributed by atoms with Gasteiger partial charge in [0.2, 0.25) is 0 Å². The van der Waals surface area contributed by atoms with Crippen molar-refractivity contribution < 1.29 is 9.84 Å². The van der Waals surface area contributed by atoms with Crippen LogP contribution in [-0.2, 0) is 24.1 Å². The van der Waals surface area contributed by atoms with Gasteiger partial charge in [-0.05, 0) is 25.2 Å². The molecule has 1 aromatic rings. The zero-order valence-electron chi connectivity index (χ0n) is 10.0. The highest BCUT2D eigenvalue weighted by Crippen LogP contribution is 2.20. The highest BCUT2D eigenvalue weighted by atomic mass is 16.5. The molecule has 5 nitrogen and oxygen atoms in total. The first-order valence-electron chi connectivity index (χ1n) is 6.49. The van der Waals surface area contributed by atoms with E-state index in [9.17, 15) is 5.11 Å². The molecule has 3 rings (SSSR count). The molecule has 17 heavy (non-hydrogen) atoms. The number of aliphatic hydroxyl groups excluding tert-OH is 1. The minimum Gasteiger partial charge on any atom is -0.393 e. The first-order chi connectivity index (χ1) is 8.31. The topological polar surface area (TPSA) is 60.2 Å². The SMILES string of the molecule is OC1CCn2nc(CC3CCOCC3)nc2C1. The van der Waals surface area contributed by atoms with Crippen molar-refractivity contribution >= 4 is 0 Å². The van der Waals surface area contributed by atoms with Gasteiger partial charge in [0.15, 0.2) is 5.82 Å². The van der Waals surface area contributed by atoms with E-state index in [1.807, 2.05) is 4.68 Å². The molecule has 0 radical (unpaired) electrons. The van der Waals surface area contributed by atoms with Crippen molar-refractivity contribution in [1.82, 2.24) is 14.8 Å². The molecule has 1 fully saturated rings. The van der Waals surface area contributed by atoms with Crippen molar-refractivity contribution in [3.63, 3.8) is 0 Å². The van der Waals surface area contributed by atoms with E-state index in [2.05, 4.69) is 10.1 Å². The average molecular weight is 237 g/mol. The van der Waals surface area contributed by atoms with Gasteiger partial charge in [-0.25, -0.2) is 9.67 Å². The normalized spacial score (nSPS) is 25.8. The minimum atomic E-state index is -0.234. The van der Waals surface area contributed by atoms with Crippen LogP contribution in [0.2, 0.25) is 0 Å². The summed E-state index contributed by atoms with van der Waals surface area (Å²) in [4.78, 5) is 4.55. The summed E-state index contributed by atoms with van der Waals surface area (Å²) in [5.41, 5.74) is 0. The lowest BCUT2D eigenvalue weighted by Crippen LogP contribution is -2.23. The van der Waals surface area contributed by atoms with Crippen molar-refractivity contribution in [2.24, 2.45) is 5.92 Å². The van der Waals surface area contributed by atoms with E-state index >= 15 is 0 Å². The third-order valence-corrected chi connectivity index (χ3v) is 3.70. The van der Waals surface area contributed by atoms with Gasteiger partial charge in [-0.2, -0.15) is 5.10 Å². The Bertz CT molecular complexity index is 385. The fourth-order valence-corrected chi connectivity index (χ4v) is 2.64. The smallest absolute Gasteiger partial charge is 0.151 e. The Balaban J connectivity index is 1.67. The van der Waals surface area contributed by atoms with Crippen LogP contribution in [0.1, 0.15) is 30.9 Å². The molecule has 0 amide bonds. The van der Waals surface area contributed by atoms with Crippen LogP contribution in [0.5, 0.6) is 0 Å². The molecule has 5 heteroatoms. The average Bonchev–Trinajstić information content (AvgIpc) is 2.71. The molecule has 1 atom stereocenters. The van der Waals surface area contributed by atoms with Gasteiger partial charge in [0.1, 0.15) is 5.82 Å². The second kappa shape index (κ2) is 4.74. The Morgan fingerprint density at radius 2 is 2.12 bits per heavy atom. The second-order valence-electron chi connectivity index (χ2n) is 5.07. The van der Waals surface area contributed by atoms with Gasteiger partial charge in [0.25, 0.3) is 0 Å². The van der Waals surface area contributed by atoms with Crippen LogP contribution >= 0.6 is 0 Å². The molecule has 1 aromatic heterocycles. The number of aliphatic hydroxyl groups is 1. The van der Waals surface area contributed by atoms with Crippen LogP contribution in [0.15, 0.2) is 0 Å². The van der Waals surface area contributed by atoms with E-state index in [1.54, 1.807) is 0 Å². The van der Waals surface area contributed by atoms with Gasteiger partial charge < -0.3 is 9.84 Å². The predicted octanol–water partition coefficient (Wildman–Crippen LogP) is 0.554. The summed E-state index contributed by atoms with van der Waals surface area (Å²) in [6.45, 7) is 2.55. The molecule has 1 N–H and O–H groups in total. The molecule has 0 saturated carbocycles. The Kier molecular flexibility index (Phi) is 3.11. The van der Waals surface area contributed by atoms with Crippen LogP contribution in [0.3, 0.4) is 0 Å². The standard InChI is InChI=1S/C12H19N3O2/c16-10-1-4-15-12(8-10)13-11(14-15)7-9-2-5-17-6-3-9/h9-10,16H,1-8H2. The zero-order valence-corrected chi connectivity index (χ0v) is 10.0. The van der Waals surface area contributed by atoms with Crippen molar-refractivity contribution in [1.29, 1.82) is 0 Å². The van der Waals surface area contributed by atoms with Crippen molar-refractivity contribution in [3.05, 3.63) is 11.6 Å². The van der Waals surface area contributed by atoms with Gasteiger partial charge in [0.05, 0.1) is 6.10 Å². The van der Waals surface area contributed by atoms with E-state index < -0.39 is 0 Å². The molecule has 2 aliphatic heterocycles. The number of hydrogen-bond acceptors (Lipinski definition) is 4. The highest BCUT2D eigenvalue weighted by molar-refractivity contribution is 4.99. The Morgan fingerprint density at radius 1 is 1.29 bits per heavy atom. The Morgan fingerprint density at radius 3 is 2.94 bits per heavy atom. The summed E-state index contributed by atoms with van der Waals surface area (Å²) in [5, 5.41) is 14.1. The molecule has 1 unspecified atom stereocenters. The molecule has 3 heterocycles. The maximum atomic E-state index is 9.59. The third-order valence-electron chi connectivity index (χ3n) is 3.70. The fourth-order valence-electron chi connectivity index (χ4n) is 2.64. The maximum Gasteiger partial charge on any atom is 0.151 e. The number of aromatic nitrogens is 3. The maximum absolute atomic E-state index is 9.59. The van der Waals surface area contributed by atoms with Crippen molar-refractivity contribution in [2.75, 3.05) is 13.2 Å². The second-order valence-corrected chi connectivity index (χ2v) is 5.07. The van der Waals surface area contributed by atoms with Gasteiger partial charge in [0, 0.05) is 32.6 Å². The first-order valence-corrected chi connectivity index (χ1v) is 6.49. The first kappa shape index (κ1) is 11.2. The van der Waals surface area contributed by atoms with Crippen LogP contribution in [0.25, 0.3) is 0 Å². The lowest BCUT2D eigenvalue weighted by Gasteiger charge is -2.20. The predicted molar refractivity (Wildman–Crippen MR) is 61.6 cm³/mol. The zero-order chi connectivity index (χ0) is 11.7. The number of rotatable bonds is 2. The molecular formula is C12H19N3O2. The summed E-state index contributed by atoms with van der Waals surface area (Å²) in [6.07, 6.45) is 4.41. The summed E-state index contributed by atoms with van der Waals surface area (Å²) in [7, 11) is 0. The van der Waals surface area contributed by atoms with Crippen LogP contribution < -0.4 is 0 Å². The van der Waals surface area contributed by atoms with E-state index in [4.69, 9.17) is 4.74 Å². The van der Waals surface area contributed by atoms with Crippen LogP contribution in [0.4, 0.5) is 0 Å². The summed E-state index contributed by atoms with van der Waals surface area (Å²) >= 11 is 0. The molecule has 0 spiro atoms. The molecule has 0 aliphatic carbocycles. The quantitative estimate of drug-likeness (QED) is 0.816. The van der Waals surface area contributed by atoms with E-state index in [1.165, 1.54) is 0 Å². The number of hydrogen-bond donors (Lipinski definition) is 1. The number of ether oxygens (including phenoxy) is 1. The van der Waals surface area contributed by atoms with Gasteiger partial charge in [-0.3, -0.25) is 0 Å². The lowest BCUT2D eigenvalue weighted by atomic mass is 9.96. The van der Waals surface area contributed by atoms with Crippen molar-refractivity contribution in [3.8, 4) is 0 Å². The monoisotopic (exact) mass is 237 g/mol. The van der Waals surface area contributed by atoms with Gasteiger partial charge in [-0.1, -0.05) is 0 Å². The van der Waals surface area contributed by atoms with Crippen molar-refractivity contribution in [2.45, 2.75) is 44.8 Å². The molecule has 2 aliphatic rings. The van der Waals surface area contributed by atoms with Crippen LogP contribution in [0, 0.1) is 5.92 Å². The summed E-state index contributed by atoms with van der Waals surface area (Å²) in [5.74, 6) is 2.56. The summed E-state index contributed by atoms with van der Waals surface area (Å²) in [6, 6.07) is 0. The minimum absolute atomic E-state index is 0.234.